The molecule has 0 saturated heterocycles. The van der Waals surface area contributed by atoms with Gasteiger partial charge in [0.25, 0.3) is 0 Å². The Kier molecular flexibility index (Phi) is 5.12. The smallest absolute Gasteiger partial charge is 0.341 e. The normalized spacial score (nSPS) is 24.7. The van der Waals surface area contributed by atoms with Crippen molar-refractivity contribution in [1.29, 1.82) is 0 Å². The van der Waals surface area contributed by atoms with Gasteiger partial charge >= 0.3 is 5.97 Å². The molecule has 1 aromatic rings. The fraction of sp³-hybridized carbons (Fsp3) is 0.611. The molecule has 4 heteroatoms. The van der Waals surface area contributed by atoms with Crippen LogP contribution in [0.15, 0.2) is 12.1 Å². The Hall–Kier alpha value is -1.55. The van der Waals surface area contributed by atoms with Gasteiger partial charge in [-0.15, -0.1) is 0 Å². The second-order valence-corrected chi connectivity index (χ2v) is 6.80. The van der Waals surface area contributed by atoms with Gasteiger partial charge in [0.05, 0.1) is 6.10 Å². The molecule has 0 spiro atoms. The fourth-order valence-electron chi connectivity index (χ4n) is 3.81. The second-order valence-electron chi connectivity index (χ2n) is 6.80. The summed E-state index contributed by atoms with van der Waals surface area (Å²) in [5.74, 6) is 0.833. The summed E-state index contributed by atoms with van der Waals surface area (Å²) in [7, 11) is 0. The van der Waals surface area contributed by atoms with E-state index in [4.69, 9.17) is 9.84 Å². The van der Waals surface area contributed by atoms with Crippen LogP contribution in [0.4, 0.5) is 0 Å². The van der Waals surface area contributed by atoms with E-state index in [1.54, 1.807) is 0 Å². The summed E-state index contributed by atoms with van der Waals surface area (Å²) in [4.78, 5) is 10.6. The summed E-state index contributed by atoms with van der Waals surface area (Å²) in [5.41, 5.74) is 3.51. The molecule has 0 bridgehead atoms. The van der Waals surface area contributed by atoms with Crippen LogP contribution in [0.5, 0.6) is 5.75 Å². The van der Waals surface area contributed by atoms with E-state index < -0.39 is 5.97 Å². The Balaban J connectivity index is 2.20. The third-order valence-electron chi connectivity index (χ3n) is 4.77. The predicted octanol–water partition coefficient (Wildman–Crippen LogP) is 3.28. The first-order valence-electron chi connectivity index (χ1n) is 7.93. The Labute approximate surface area is 132 Å². The van der Waals surface area contributed by atoms with Gasteiger partial charge in [-0.05, 0) is 73.3 Å². The van der Waals surface area contributed by atoms with Crippen molar-refractivity contribution in [2.45, 2.75) is 52.6 Å². The van der Waals surface area contributed by atoms with Crippen molar-refractivity contribution in [3.8, 4) is 5.75 Å². The number of benzene rings is 1. The number of carboxylic acids is 1. The van der Waals surface area contributed by atoms with E-state index in [1.165, 1.54) is 5.56 Å². The van der Waals surface area contributed by atoms with Crippen LogP contribution in [0, 0.1) is 25.7 Å². The van der Waals surface area contributed by atoms with E-state index in [1.807, 2.05) is 26.0 Å². The van der Waals surface area contributed by atoms with Gasteiger partial charge in [0.1, 0.15) is 5.75 Å². The van der Waals surface area contributed by atoms with Crippen molar-refractivity contribution in [3.05, 3.63) is 28.8 Å². The van der Waals surface area contributed by atoms with Crippen LogP contribution in [-0.2, 0) is 4.79 Å². The third-order valence-corrected chi connectivity index (χ3v) is 4.77. The molecule has 4 nitrogen and oxygen atoms in total. The first kappa shape index (κ1) is 16.8. The summed E-state index contributed by atoms with van der Waals surface area (Å²) in [5, 5.41) is 19.0. The molecule has 0 heterocycles. The Morgan fingerprint density at radius 2 is 1.86 bits per heavy atom. The number of carbonyl (C=O) groups is 1. The molecule has 3 unspecified atom stereocenters. The highest BCUT2D eigenvalue weighted by atomic mass is 16.5. The van der Waals surface area contributed by atoms with Crippen molar-refractivity contribution in [3.63, 3.8) is 0 Å². The van der Waals surface area contributed by atoms with Crippen LogP contribution < -0.4 is 4.74 Å². The number of carboxylic acid groups (broad SMARTS) is 1. The lowest BCUT2D eigenvalue weighted by Gasteiger charge is -2.19. The van der Waals surface area contributed by atoms with Gasteiger partial charge in [0, 0.05) is 0 Å². The van der Waals surface area contributed by atoms with Gasteiger partial charge in [-0.1, -0.05) is 13.8 Å². The number of hydrogen-bond donors (Lipinski definition) is 2. The standard InChI is InChI=1S/C18H26O4/c1-10(2)15-7-13(8-16(15)19)18-11(3)5-14(6-12(18)4)22-9-17(20)21/h5-6,10,13,15-16,19H,7-9H2,1-4H3,(H,20,21). The lowest BCUT2D eigenvalue weighted by Crippen LogP contribution is -2.18. The van der Waals surface area contributed by atoms with Crippen molar-refractivity contribution in [2.24, 2.45) is 11.8 Å². The van der Waals surface area contributed by atoms with Crippen LogP contribution in [0.3, 0.4) is 0 Å². The SMILES string of the molecule is Cc1cc(OCC(=O)O)cc(C)c1C1CC(O)C(C(C)C)C1. The van der Waals surface area contributed by atoms with Gasteiger partial charge in [-0.3, -0.25) is 0 Å². The minimum Gasteiger partial charge on any atom is -0.482 e. The molecule has 2 N–H and O–H groups in total. The van der Waals surface area contributed by atoms with E-state index in [9.17, 15) is 9.90 Å². The molecule has 1 aliphatic rings. The molecule has 1 aromatic carbocycles. The summed E-state index contributed by atoms with van der Waals surface area (Å²) in [6.07, 6.45) is 1.59. The molecular weight excluding hydrogens is 280 g/mol. The lowest BCUT2D eigenvalue weighted by molar-refractivity contribution is -0.139. The van der Waals surface area contributed by atoms with Crippen LogP contribution in [0.2, 0.25) is 0 Å². The Morgan fingerprint density at radius 3 is 2.32 bits per heavy atom. The Morgan fingerprint density at radius 1 is 1.27 bits per heavy atom. The molecule has 122 valence electrons. The number of ether oxygens (including phenoxy) is 1. The summed E-state index contributed by atoms with van der Waals surface area (Å²) < 4.78 is 5.28. The maximum Gasteiger partial charge on any atom is 0.341 e. The molecule has 1 saturated carbocycles. The van der Waals surface area contributed by atoms with Crippen LogP contribution in [0.1, 0.15) is 49.3 Å². The molecule has 2 rings (SSSR count). The number of aliphatic hydroxyl groups is 1. The van der Waals surface area contributed by atoms with Crippen LogP contribution in [0.25, 0.3) is 0 Å². The monoisotopic (exact) mass is 306 g/mol. The largest absolute Gasteiger partial charge is 0.482 e. The number of aryl methyl sites for hydroxylation is 2. The number of rotatable bonds is 5. The minimum absolute atomic E-state index is 0.230. The number of aliphatic hydroxyl groups excluding tert-OH is 1. The van der Waals surface area contributed by atoms with Crippen LogP contribution in [-0.4, -0.2) is 28.9 Å². The second kappa shape index (κ2) is 6.69. The van der Waals surface area contributed by atoms with Crippen molar-refractivity contribution in [1.82, 2.24) is 0 Å². The van der Waals surface area contributed by atoms with Gasteiger partial charge in [-0.25, -0.2) is 4.79 Å². The minimum atomic E-state index is -0.974. The summed E-state index contributed by atoms with van der Waals surface area (Å²) in [6.45, 7) is 8.07. The highest BCUT2D eigenvalue weighted by molar-refractivity contribution is 5.68. The molecule has 1 aliphatic carbocycles. The topological polar surface area (TPSA) is 66.8 Å². The zero-order chi connectivity index (χ0) is 16.4. The number of hydrogen-bond acceptors (Lipinski definition) is 3. The Bertz CT molecular complexity index is 527. The summed E-state index contributed by atoms with van der Waals surface area (Å²) >= 11 is 0. The van der Waals surface area contributed by atoms with E-state index in [-0.39, 0.29) is 12.7 Å². The molecule has 22 heavy (non-hydrogen) atoms. The quantitative estimate of drug-likeness (QED) is 0.876. The summed E-state index contributed by atoms with van der Waals surface area (Å²) in [6, 6.07) is 3.81. The average Bonchev–Trinajstić information content (AvgIpc) is 2.77. The van der Waals surface area contributed by atoms with Crippen LogP contribution >= 0.6 is 0 Å². The van der Waals surface area contributed by atoms with E-state index in [2.05, 4.69) is 13.8 Å². The molecular formula is C18H26O4. The molecule has 0 radical (unpaired) electrons. The van der Waals surface area contributed by atoms with E-state index in [0.29, 0.717) is 23.5 Å². The fourth-order valence-corrected chi connectivity index (χ4v) is 3.81. The van der Waals surface area contributed by atoms with Gasteiger partial charge in [0.2, 0.25) is 0 Å². The first-order valence-corrected chi connectivity index (χ1v) is 7.93. The third kappa shape index (κ3) is 3.61. The van der Waals surface area contributed by atoms with E-state index in [0.717, 1.165) is 24.0 Å². The highest BCUT2D eigenvalue weighted by Crippen LogP contribution is 2.44. The van der Waals surface area contributed by atoms with Gasteiger partial charge in [-0.2, -0.15) is 0 Å². The van der Waals surface area contributed by atoms with Crippen molar-refractivity contribution in [2.75, 3.05) is 6.61 Å². The molecule has 3 atom stereocenters. The van der Waals surface area contributed by atoms with Crippen molar-refractivity contribution >= 4 is 5.97 Å². The highest BCUT2D eigenvalue weighted by Gasteiger charge is 2.36. The molecule has 0 amide bonds. The van der Waals surface area contributed by atoms with E-state index >= 15 is 0 Å². The first-order chi connectivity index (χ1) is 10.3. The molecule has 1 fully saturated rings. The van der Waals surface area contributed by atoms with Gasteiger partial charge in [0.15, 0.2) is 6.61 Å². The maximum absolute atomic E-state index is 10.6. The molecule has 0 aliphatic heterocycles. The number of aliphatic carboxylic acids is 1. The average molecular weight is 306 g/mol. The van der Waals surface area contributed by atoms with Crippen molar-refractivity contribution < 1.29 is 19.7 Å². The maximum atomic E-state index is 10.6. The van der Waals surface area contributed by atoms with Gasteiger partial charge < -0.3 is 14.9 Å². The lowest BCUT2D eigenvalue weighted by atomic mass is 9.87. The predicted molar refractivity (Wildman–Crippen MR) is 85.4 cm³/mol. The zero-order valence-electron chi connectivity index (χ0n) is 13.8. The zero-order valence-corrected chi connectivity index (χ0v) is 13.8. The molecule has 0 aromatic heterocycles.